The second kappa shape index (κ2) is 5.54. The zero-order chi connectivity index (χ0) is 14.0. The molecule has 1 nitrogen and oxygen atoms in total. The predicted molar refractivity (Wildman–Crippen MR) is 77.7 cm³/mol. The number of hydrogen-bond donors (Lipinski definition) is 1. The molecule has 0 aromatic heterocycles. The maximum Gasteiger partial charge on any atom is 0.128 e. The third-order valence-corrected chi connectivity index (χ3v) is 3.29. The summed E-state index contributed by atoms with van der Waals surface area (Å²) in [7, 11) is 0. The highest BCUT2D eigenvalue weighted by molar-refractivity contribution is 5.32. The predicted octanol–water partition coefficient (Wildman–Crippen LogP) is 3.99. The maximum atomic E-state index is 13.8. The molecule has 19 heavy (non-hydrogen) atoms. The molecule has 0 fully saturated rings. The molecule has 1 atom stereocenters. The summed E-state index contributed by atoms with van der Waals surface area (Å²) < 4.78 is 13.8. The van der Waals surface area contributed by atoms with Crippen LogP contribution in [0.4, 0.5) is 4.39 Å². The normalized spacial score (nSPS) is 12.5. The number of benzene rings is 2. The molecular weight excluding hydrogens is 237 g/mol. The standard InChI is InChI=1S/C17H20FN/c1-11-4-5-16(18)15(9-11)17(19)10-14-7-12(2)6-13(3)8-14/h4-9,17H,10,19H2,1-3H3. The Balaban J connectivity index is 2.25. The molecule has 0 aliphatic rings. The van der Waals surface area contributed by atoms with Gasteiger partial charge in [-0.2, -0.15) is 0 Å². The SMILES string of the molecule is Cc1cc(C)cc(CC(N)c2cc(C)ccc2F)c1. The van der Waals surface area contributed by atoms with Gasteiger partial charge in [0.2, 0.25) is 0 Å². The fraction of sp³-hybridized carbons (Fsp3) is 0.294. The third kappa shape index (κ3) is 3.42. The van der Waals surface area contributed by atoms with Gasteiger partial charge < -0.3 is 5.73 Å². The smallest absolute Gasteiger partial charge is 0.128 e. The average Bonchev–Trinajstić information content (AvgIpc) is 2.30. The van der Waals surface area contributed by atoms with E-state index in [1.54, 1.807) is 6.07 Å². The molecular formula is C17H20FN. The van der Waals surface area contributed by atoms with E-state index >= 15 is 0 Å². The van der Waals surface area contributed by atoms with E-state index in [9.17, 15) is 4.39 Å². The summed E-state index contributed by atoms with van der Waals surface area (Å²) in [5.74, 6) is -0.220. The lowest BCUT2D eigenvalue weighted by Crippen LogP contribution is -2.15. The van der Waals surface area contributed by atoms with Crippen molar-refractivity contribution in [1.82, 2.24) is 0 Å². The lowest BCUT2D eigenvalue weighted by Gasteiger charge is -2.15. The number of aryl methyl sites for hydroxylation is 3. The minimum absolute atomic E-state index is 0.220. The van der Waals surface area contributed by atoms with Crippen LogP contribution in [0.2, 0.25) is 0 Å². The summed E-state index contributed by atoms with van der Waals surface area (Å²) in [5.41, 5.74) is 11.4. The van der Waals surface area contributed by atoms with E-state index in [0.717, 1.165) is 11.1 Å². The summed E-state index contributed by atoms with van der Waals surface area (Å²) in [4.78, 5) is 0. The molecule has 0 amide bonds. The van der Waals surface area contributed by atoms with Crippen molar-refractivity contribution in [2.45, 2.75) is 33.2 Å². The van der Waals surface area contributed by atoms with Gasteiger partial charge in [0.05, 0.1) is 0 Å². The van der Waals surface area contributed by atoms with Gasteiger partial charge in [-0.3, -0.25) is 0 Å². The van der Waals surface area contributed by atoms with Gasteiger partial charge in [-0.05, 0) is 38.8 Å². The van der Waals surface area contributed by atoms with E-state index in [-0.39, 0.29) is 11.9 Å². The first-order chi connectivity index (χ1) is 8.95. The molecule has 0 bridgehead atoms. The zero-order valence-corrected chi connectivity index (χ0v) is 11.7. The minimum atomic E-state index is -0.305. The van der Waals surface area contributed by atoms with Gasteiger partial charge in [0.1, 0.15) is 5.82 Å². The molecule has 0 radical (unpaired) electrons. The van der Waals surface area contributed by atoms with Crippen LogP contribution in [0, 0.1) is 26.6 Å². The van der Waals surface area contributed by atoms with Crippen LogP contribution in [0.3, 0.4) is 0 Å². The van der Waals surface area contributed by atoms with Crippen molar-refractivity contribution >= 4 is 0 Å². The van der Waals surface area contributed by atoms with Crippen LogP contribution < -0.4 is 5.73 Å². The molecule has 0 saturated carbocycles. The van der Waals surface area contributed by atoms with Crippen molar-refractivity contribution in [3.05, 3.63) is 70.0 Å². The van der Waals surface area contributed by atoms with Crippen LogP contribution in [-0.4, -0.2) is 0 Å². The lowest BCUT2D eigenvalue weighted by atomic mass is 9.96. The molecule has 100 valence electrons. The summed E-state index contributed by atoms with van der Waals surface area (Å²) in [6.45, 7) is 6.08. The lowest BCUT2D eigenvalue weighted by molar-refractivity contribution is 0.579. The Hall–Kier alpha value is -1.67. The molecule has 0 heterocycles. The molecule has 2 rings (SSSR count). The van der Waals surface area contributed by atoms with Crippen LogP contribution in [0.1, 0.15) is 33.9 Å². The Morgan fingerprint density at radius 2 is 1.58 bits per heavy atom. The Labute approximate surface area is 114 Å². The Morgan fingerprint density at radius 1 is 0.947 bits per heavy atom. The van der Waals surface area contributed by atoms with Gasteiger partial charge in [-0.1, -0.05) is 47.0 Å². The monoisotopic (exact) mass is 257 g/mol. The maximum absolute atomic E-state index is 13.8. The fourth-order valence-electron chi connectivity index (χ4n) is 2.50. The van der Waals surface area contributed by atoms with E-state index in [1.165, 1.54) is 17.2 Å². The zero-order valence-electron chi connectivity index (χ0n) is 11.7. The number of hydrogen-bond acceptors (Lipinski definition) is 1. The van der Waals surface area contributed by atoms with Gasteiger partial charge in [-0.25, -0.2) is 4.39 Å². The second-order valence-electron chi connectivity index (χ2n) is 5.33. The molecule has 2 aromatic carbocycles. The van der Waals surface area contributed by atoms with Crippen molar-refractivity contribution < 1.29 is 4.39 Å². The van der Waals surface area contributed by atoms with Gasteiger partial charge in [0, 0.05) is 11.6 Å². The summed E-state index contributed by atoms with van der Waals surface area (Å²) >= 11 is 0. The largest absolute Gasteiger partial charge is 0.324 e. The molecule has 2 N–H and O–H groups in total. The van der Waals surface area contributed by atoms with Gasteiger partial charge in [0.15, 0.2) is 0 Å². The van der Waals surface area contributed by atoms with Crippen LogP contribution >= 0.6 is 0 Å². The van der Waals surface area contributed by atoms with Gasteiger partial charge >= 0.3 is 0 Å². The van der Waals surface area contributed by atoms with Crippen LogP contribution in [0.15, 0.2) is 36.4 Å². The fourth-order valence-corrected chi connectivity index (χ4v) is 2.50. The van der Waals surface area contributed by atoms with Crippen LogP contribution in [0.25, 0.3) is 0 Å². The highest BCUT2D eigenvalue weighted by Crippen LogP contribution is 2.21. The minimum Gasteiger partial charge on any atom is -0.324 e. The Bertz CT molecular complexity index is 570. The number of halogens is 1. The van der Waals surface area contributed by atoms with Crippen molar-refractivity contribution in [1.29, 1.82) is 0 Å². The molecule has 0 aliphatic carbocycles. The molecule has 0 spiro atoms. The molecule has 0 aliphatic heterocycles. The van der Waals surface area contributed by atoms with Gasteiger partial charge in [0.25, 0.3) is 0 Å². The van der Waals surface area contributed by atoms with Gasteiger partial charge in [-0.15, -0.1) is 0 Å². The third-order valence-electron chi connectivity index (χ3n) is 3.29. The number of rotatable bonds is 3. The summed E-state index contributed by atoms with van der Waals surface area (Å²) in [6, 6.07) is 11.1. The first-order valence-electron chi connectivity index (χ1n) is 6.54. The summed E-state index contributed by atoms with van der Waals surface area (Å²) in [5, 5.41) is 0. The first-order valence-corrected chi connectivity index (χ1v) is 6.54. The van der Waals surface area contributed by atoms with E-state index in [2.05, 4.69) is 32.0 Å². The van der Waals surface area contributed by atoms with Crippen molar-refractivity contribution in [2.24, 2.45) is 5.73 Å². The highest BCUT2D eigenvalue weighted by Gasteiger charge is 2.12. The van der Waals surface area contributed by atoms with Crippen molar-refractivity contribution in [3.63, 3.8) is 0 Å². The highest BCUT2D eigenvalue weighted by atomic mass is 19.1. The first kappa shape index (κ1) is 13.8. The van der Waals surface area contributed by atoms with E-state index < -0.39 is 0 Å². The molecule has 2 heteroatoms. The van der Waals surface area contributed by atoms with E-state index in [4.69, 9.17) is 5.73 Å². The van der Waals surface area contributed by atoms with Crippen LogP contribution in [-0.2, 0) is 6.42 Å². The molecule has 1 unspecified atom stereocenters. The van der Waals surface area contributed by atoms with E-state index in [0.29, 0.717) is 12.0 Å². The molecule has 0 saturated heterocycles. The molecule has 2 aromatic rings. The topological polar surface area (TPSA) is 26.0 Å². The average molecular weight is 257 g/mol. The second-order valence-corrected chi connectivity index (χ2v) is 5.33. The van der Waals surface area contributed by atoms with Crippen molar-refractivity contribution in [3.8, 4) is 0 Å². The quantitative estimate of drug-likeness (QED) is 0.884. The number of nitrogens with two attached hydrogens (primary N) is 1. The Kier molecular flexibility index (Phi) is 4.01. The van der Waals surface area contributed by atoms with E-state index in [1.807, 2.05) is 13.0 Å². The Morgan fingerprint density at radius 3 is 2.21 bits per heavy atom. The van der Waals surface area contributed by atoms with Crippen LogP contribution in [0.5, 0.6) is 0 Å². The summed E-state index contributed by atoms with van der Waals surface area (Å²) in [6.07, 6.45) is 0.656. The van der Waals surface area contributed by atoms with Crippen molar-refractivity contribution in [2.75, 3.05) is 0 Å².